The van der Waals surface area contributed by atoms with Crippen molar-refractivity contribution in [1.29, 1.82) is 0 Å². The van der Waals surface area contributed by atoms with Crippen LogP contribution in [0.5, 0.6) is 5.75 Å². The SMILES string of the molecule is CC(=O)c1ccc(OC2CCC2)cn1. The fraction of sp³-hybridized carbons (Fsp3) is 0.455. The predicted molar refractivity (Wildman–Crippen MR) is 52.5 cm³/mol. The lowest BCUT2D eigenvalue weighted by atomic mass is 9.96. The molecule has 1 aliphatic rings. The molecule has 3 heteroatoms. The van der Waals surface area contributed by atoms with E-state index >= 15 is 0 Å². The van der Waals surface area contributed by atoms with E-state index < -0.39 is 0 Å². The lowest BCUT2D eigenvalue weighted by molar-refractivity contribution is 0.101. The molecule has 0 radical (unpaired) electrons. The maximum Gasteiger partial charge on any atom is 0.178 e. The topological polar surface area (TPSA) is 39.2 Å². The molecule has 1 aromatic rings. The van der Waals surface area contributed by atoms with Crippen molar-refractivity contribution < 1.29 is 9.53 Å². The monoisotopic (exact) mass is 191 g/mol. The molecule has 0 aliphatic heterocycles. The molecule has 14 heavy (non-hydrogen) atoms. The summed E-state index contributed by atoms with van der Waals surface area (Å²) in [6.45, 7) is 1.51. The number of ether oxygens (including phenoxy) is 1. The van der Waals surface area contributed by atoms with Gasteiger partial charge in [0.2, 0.25) is 0 Å². The second kappa shape index (κ2) is 3.78. The predicted octanol–water partition coefficient (Wildman–Crippen LogP) is 2.22. The van der Waals surface area contributed by atoms with Crippen LogP contribution in [-0.4, -0.2) is 16.9 Å². The van der Waals surface area contributed by atoms with Crippen molar-refractivity contribution in [3.05, 3.63) is 24.0 Å². The highest BCUT2D eigenvalue weighted by molar-refractivity contribution is 5.92. The van der Waals surface area contributed by atoms with Gasteiger partial charge in [0, 0.05) is 6.92 Å². The van der Waals surface area contributed by atoms with E-state index in [0.717, 1.165) is 18.6 Å². The zero-order chi connectivity index (χ0) is 9.97. The smallest absolute Gasteiger partial charge is 0.178 e. The average molecular weight is 191 g/mol. The minimum atomic E-state index is -0.0137. The van der Waals surface area contributed by atoms with Crippen molar-refractivity contribution in [2.75, 3.05) is 0 Å². The van der Waals surface area contributed by atoms with Crippen molar-refractivity contribution in [3.63, 3.8) is 0 Å². The molecule has 1 saturated carbocycles. The third kappa shape index (κ3) is 1.92. The van der Waals surface area contributed by atoms with Crippen LogP contribution < -0.4 is 4.74 Å². The van der Waals surface area contributed by atoms with Crippen LogP contribution in [-0.2, 0) is 0 Å². The number of nitrogens with zero attached hydrogens (tertiary/aromatic N) is 1. The van der Waals surface area contributed by atoms with Crippen molar-refractivity contribution in [2.45, 2.75) is 32.3 Å². The highest BCUT2D eigenvalue weighted by atomic mass is 16.5. The van der Waals surface area contributed by atoms with Gasteiger partial charge in [0.1, 0.15) is 11.4 Å². The molecule has 0 spiro atoms. The Labute approximate surface area is 83.1 Å². The molecule has 1 heterocycles. The quantitative estimate of drug-likeness (QED) is 0.687. The van der Waals surface area contributed by atoms with Gasteiger partial charge in [-0.3, -0.25) is 4.79 Å². The second-order valence-electron chi connectivity index (χ2n) is 3.61. The third-order valence-electron chi connectivity index (χ3n) is 2.45. The van der Waals surface area contributed by atoms with Gasteiger partial charge < -0.3 is 4.74 Å². The largest absolute Gasteiger partial charge is 0.489 e. The van der Waals surface area contributed by atoms with Crippen molar-refractivity contribution in [2.24, 2.45) is 0 Å². The number of ketones is 1. The van der Waals surface area contributed by atoms with E-state index in [0.29, 0.717) is 11.8 Å². The van der Waals surface area contributed by atoms with Gasteiger partial charge in [0.25, 0.3) is 0 Å². The van der Waals surface area contributed by atoms with Gasteiger partial charge in [-0.2, -0.15) is 0 Å². The molecule has 0 bridgehead atoms. The van der Waals surface area contributed by atoms with E-state index in [4.69, 9.17) is 4.74 Å². The van der Waals surface area contributed by atoms with E-state index in [-0.39, 0.29) is 5.78 Å². The second-order valence-corrected chi connectivity index (χ2v) is 3.61. The van der Waals surface area contributed by atoms with Crippen LogP contribution in [0.25, 0.3) is 0 Å². The molecule has 0 saturated heterocycles. The van der Waals surface area contributed by atoms with Crippen LogP contribution in [0.15, 0.2) is 18.3 Å². The summed E-state index contributed by atoms with van der Waals surface area (Å²) in [6, 6.07) is 3.51. The standard InChI is InChI=1S/C11H13NO2/c1-8(13)11-6-5-10(7-12-11)14-9-3-2-4-9/h5-7,9H,2-4H2,1H3. The Balaban J connectivity index is 2.01. The molecule has 1 aromatic heterocycles. The van der Waals surface area contributed by atoms with Crippen LogP contribution in [0.3, 0.4) is 0 Å². The van der Waals surface area contributed by atoms with E-state index in [1.54, 1.807) is 12.3 Å². The first-order chi connectivity index (χ1) is 6.75. The summed E-state index contributed by atoms with van der Waals surface area (Å²) in [6.07, 6.45) is 5.50. The number of hydrogen-bond donors (Lipinski definition) is 0. The summed E-state index contributed by atoms with van der Waals surface area (Å²) in [5, 5.41) is 0. The zero-order valence-electron chi connectivity index (χ0n) is 8.19. The number of carbonyl (C=O) groups excluding carboxylic acids is 1. The minimum Gasteiger partial charge on any atom is -0.489 e. The van der Waals surface area contributed by atoms with Gasteiger partial charge in [-0.15, -0.1) is 0 Å². The van der Waals surface area contributed by atoms with Gasteiger partial charge in [-0.1, -0.05) is 0 Å². The Morgan fingerprint density at radius 1 is 1.50 bits per heavy atom. The lowest BCUT2D eigenvalue weighted by Gasteiger charge is -2.26. The van der Waals surface area contributed by atoms with Crippen molar-refractivity contribution in [3.8, 4) is 5.75 Å². The molecular weight excluding hydrogens is 178 g/mol. The first kappa shape index (κ1) is 9.19. The van der Waals surface area contributed by atoms with Crippen molar-refractivity contribution >= 4 is 5.78 Å². The third-order valence-corrected chi connectivity index (χ3v) is 2.45. The van der Waals surface area contributed by atoms with Crippen LogP contribution in [0.2, 0.25) is 0 Å². The van der Waals surface area contributed by atoms with Gasteiger partial charge in [-0.05, 0) is 31.4 Å². The van der Waals surface area contributed by atoms with E-state index in [2.05, 4.69) is 4.98 Å². The van der Waals surface area contributed by atoms with Crippen LogP contribution >= 0.6 is 0 Å². The summed E-state index contributed by atoms with van der Waals surface area (Å²) in [5.74, 6) is 0.750. The fourth-order valence-electron chi connectivity index (χ4n) is 1.34. The number of Topliss-reactive ketones (excluding diaryl/α,β-unsaturated/α-hetero) is 1. The van der Waals surface area contributed by atoms with Gasteiger partial charge >= 0.3 is 0 Å². The average Bonchev–Trinajstić information content (AvgIpc) is 2.12. The minimum absolute atomic E-state index is 0.0137. The number of carbonyl (C=O) groups is 1. The first-order valence-electron chi connectivity index (χ1n) is 4.89. The van der Waals surface area contributed by atoms with Crippen LogP contribution in [0, 0.1) is 0 Å². The van der Waals surface area contributed by atoms with Crippen molar-refractivity contribution in [1.82, 2.24) is 4.98 Å². The molecule has 0 N–H and O–H groups in total. The first-order valence-corrected chi connectivity index (χ1v) is 4.89. The maximum absolute atomic E-state index is 10.9. The molecule has 0 aromatic carbocycles. The van der Waals surface area contributed by atoms with Gasteiger partial charge in [-0.25, -0.2) is 4.98 Å². The zero-order valence-corrected chi connectivity index (χ0v) is 8.19. The summed E-state index contributed by atoms with van der Waals surface area (Å²) in [7, 11) is 0. The van der Waals surface area contributed by atoms with E-state index in [1.807, 2.05) is 6.07 Å². The number of rotatable bonds is 3. The maximum atomic E-state index is 10.9. The number of hydrogen-bond acceptors (Lipinski definition) is 3. The molecule has 1 aliphatic carbocycles. The Morgan fingerprint density at radius 3 is 2.71 bits per heavy atom. The molecule has 2 rings (SSSR count). The Bertz CT molecular complexity index is 328. The molecule has 3 nitrogen and oxygen atoms in total. The molecule has 1 fully saturated rings. The number of pyridine rings is 1. The summed E-state index contributed by atoms with van der Waals surface area (Å²) in [5.41, 5.74) is 0.492. The highest BCUT2D eigenvalue weighted by Gasteiger charge is 2.19. The fourth-order valence-corrected chi connectivity index (χ4v) is 1.34. The van der Waals surface area contributed by atoms with Gasteiger partial charge in [0.05, 0.1) is 12.3 Å². The highest BCUT2D eigenvalue weighted by Crippen LogP contribution is 2.24. The molecule has 74 valence electrons. The van der Waals surface area contributed by atoms with Crippen LogP contribution in [0.4, 0.5) is 0 Å². The summed E-state index contributed by atoms with van der Waals surface area (Å²) in [4.78, 5) is 15.0. The molecule has 0 amide bonds. The molecule has 0 unspecified atom stereocenters. The lowest BCUT2D eigenvalue weighted by Crippen LogP contribution is -2.24. The van der Waals surface area contributed by atoms with E-state index in [1.165, 1.54) is 13.3 Å². The van der Waals surface area contributed by atoms with Crippen LogP contribution in [0.1, 0.15) is 36.7 Å². The normalized spacial score (nSPS) is 16.1. The Kier molecular flexibility index (Phi) is 2.48. The summed E-state index contributed by atoms with van der Waals surface area (Å²) >= 11 is 0. The number of aromatic nitrogens is 1. The Hall–Kier alpha value is -1.38. The molecule has 0 atom stereocenters. The Morgan fingerprint density at radius 2 is 2.29 bits per heavy atom. The van der Waals surface area contributed by atoms with Gasteiger partial charge in [0.15, 0.2) is 5.78 Å². The van der Waals surface area contributed by atoms with E-state index in [9.17, 15) is 4.79 Å². The summed E-state index contributed by atoms with van der Waals surface area (Å²) < 4.78 is 5.61. The molecular formula is C11H13NO2.